The Morgan fingerprint density at radius 1 is 1.27 bits per heavy atom. The van der Waals surface area contributed by atoms with Crippen molar-refractivity contribution in [3.8, 4) is 5.75 Å². The number of aliphatic hydroxyl groups excluding tert-OH is 1. The summed E-state index contributed by atoms with van der Waals surface area (Å²) in [6.45, 7) is 8.91. The molecule has 1 aromatic carbocycles. The minimum absolute atomic E-state index is 0.0598. The van der Waals surface area contributed by atoms with E-state index in [0.29, 0.717) is 17.9 Å². The van der Waals surface area contributed by atoms with Crippen molar-refractivity contribution in [2.24, 2.45) is 0 Å². The number of quaternary nitrogens is 1. The molecule has 0 bridgehead atoms. The highest BCUT2D eigenvalue weighted by Gasteiger charge is 2.17. The minimum atomic E-state index is -0.592. The molecule has 0 radical (unpaired) electrons. The van der Waals surface area contributed by atoms with Gasteiger partial charge in [0, 0.05) is 11.5 Å². The van der Waals surface area contributed by atoms with Gasteiger partial charge in [0.2, 0.25) is 0 Å². The largest absolute Gasteiger partial charge is 0.487 e. The molecule has 5 nitrogen and oxygen atoms in total. The van der Waals surface area contributed by atoms with Crippen LogP contribution in [0.5, 0.6) is 5.75 Å². The maximum atomic E-state index is 11.4. The molecule has 0 fully saturated rings. The number of fused-ring (bicyclic) bond motifs is 1. The number of ether oxygens (including phenoxy) is 1. The van der Waals surface area contributed by atoms with Crippen molar-refractivity contribution in [3.63, 3.8) is 0 Å². The van der Waals surface area contributed by atoms with E-state index in [0.717, 1.165) is 10.9 Å². The van der Waals surface area contributed by atoms with Crippen LogP contribution in [0.2, 0.25) is 0 Å². The van der Waals surface area contributed by atoms with Gasteiger partial charge in [-0.2, -0.15) is 0 Å². The summed E-state index contributed by atoms with van der Waals surface area (Å²) < 4.78 is 10.9. The number of rotatable bonds is 5. The van der Waals surface area contributed by atoms with Crippen LogP contribution in [0.15, 0.2) is 33.5 Å². The van der Waals surface area contributed by atoms with Gasteiger partial charge in [-0.15, -0.1) is 0 Å². The average molecular weight is 306 g/mol. The highest BCUT2D eigenvalue weighted by Crippen LogP contribution is 2.27. The summed E-state index contributed by atoms with van der Waals surface area (Å²) in [5.41, 5.74) is 1.08. The molecule has 0 aliphatic rings. The molecule has 0 amide bonds. The number of nitrogens with two attached hydrogens (primary N) is 1. The second kappa shape index (κ2) is 6.50. The first-order valence-electron chi connectivity index (χ1n) is 7.45. The van der Waals surface area contributed by atoms with E-state index in [1.807, 2.05) is 13.0 Å². The van der Waals surface area contributed by atoms with E-state index in [1.54, 1.807) is 12.1 Å². The van der Waals surface area contributed by atoms with E-state index in [1.165, 1.54) is 6.07 Å². The van der Waals surface area contributed by atoms with Gasteiger partial charge in [0.05, 0.1) is 5.54 Å². The van der Waals surface area contributed by atoms with Crippen molar-refractivity contribution in [2.45, 2.75) is 39.3 Å². The van der Waals surface area contributed by atoms with Gasteiger partial charge in [0.1, 0.15) is 19.3 Å². The van der Waals surface area contributed by atoms with Crippen LogP contribution in [0.3, 0.4) is 0 Å². The Balaban J connectivity index is 2.10. The van der Waals surface area contributed by atoms with Gasteiger partial charge in [-0.25, -0.2) is 4.79 Å². The first-order chi connectivity index (χ1) is 10.3. The van der Waals surface area contributed by atoms with Crippen molar-refractivity contribution >= 4 is 11.0 Å². The number of hydrogen-bond donors (Lipinski definition) is 2. The van der Waals surface area contributed by atoms with Crippen LogP contribution in [-0.4, -0.2) is 29.9 Å². The van der Waals surface area contributed by atoms with Crippen molar-refractivity contribution < 1.29 is 19.6 Å². The fourth-order valence-electron chi connectivity index (χ4n) is 2.13. The Bertz CT molecular complexity index is 700. The molecule has 22 heavy (non-hydrogen) atoms. The Labute approximate surface area is 129 Å². The number of aliphatic hydroxyl groups is 1. The Hall–Kier alpha value is -1.85. The molecule has 3 N–H and O–H groups in total. The fourth-order valence-corrected chi connectivity index (χ4v) is 2.13. The van der Waals surface area contributed by atoms with E-state index in [-0.39, 0.29) is 12.1 Å². The van der Waals surface area contributed by atoms with Crippen LogP contribution in [0.1, 0.15) is 26.3 Å². The highest BCUT2D eigenvalue weighted by atomic mass is 16.5. The summed E-state index contributed by atoms with van der Waals surface area (Å²) in [5.74, 6) is 0.480. The summed E-state index contributed by atoms with van der Waals surface area (Å²) in [7, 11) is 0. The lowest BCUT2D eigenvalue weighted by Gasteiger charge is -2.19. The molecule has 1 atom stereocenters. The van der Waals surface area contributed by atoms with E-state index in [9.17, 15) is 9.90 Å². The number of aryl methyl sites for hydroxylation is 1. The van der Waals surface area contributed by atoms with Crippen LogP contribution < -0.4 is 15.7 Å². The third-order valence-electron chi connectivity index (χ3n) is 3.40. The standard InChI is InChI=1S/C17H23NO4/c1-11-5-7-14(16-13(11)6-8-15(20)22-16)21-10-12(19)9-18-17(2,3)4/h5-8,12,18-19H,9-10H2,1-4H3/p+1/t12-/m1/s1. The predicted octanol–water partition coefficient (Wildman–Crippen LogP) is 1.20. The molecule has 0 aliphatic heterocycles. The molecule has 2 aromatic rings. The monoisotopic (exact) mass is 306 g/mol. The van der Waals surface area contributed by atoms with Crippen LogP contribution in [0.25, 0.3) is 11.0 Å². The SMILES string of the molecule is Cc1ccc(OC[C@H](O)C[NH2+]C(C)(C)C)c2oc(=O)ccc12. The van der Waals surface area contributed by atoms with Crippen LogP contribution >= 0.6 is 0 Å². The van der Waals surface area contributed by atoms with Gasteiger partial charge in [0.25, 0.3) is 0 Å². The topological polar surface area (TPSA) is 76.3 Å². The molecule has 2 rings (SSSR count). The summed E-state index contributed by atoms with van der Waals surface area (Å²) in [6.07, 6.45) is -0.592. The maximum absolute atomic E-state index is 11.4. The summed E-state index contributed by atoms with van der Waals surface area (Å²) in [5, 5.41) is 12.9. The van der Waals surface area contributed by atoms with E-state index in [2.05, 4.69) is 26.1 Å². The zero-order chi connectivity index (χ0) is 16.3. The molecular formula is C17H24NO4+. The second-order valence-corrected chi connectivity index (χ2v) is 6.65. The fraction of sp³-hybridized carbons (Fsp3) is 0.471. The summed E-state index contributed by atoms with van der Waals surface area (Å²) >= 11 is 0. The minimum Gasteiger partial charge on any atom is -0.487 e. The molecular weight excluding hydrogens is 282 g/mol. The zero-order valence-electron chi connectivity index (χ0n) is 13.6. The summed E-state index contributed by atoms with van der Waals surface area (Å²) in [4.78, 5) is 11.4. The van der Waals surface area contributed by atoms with Gasteiger partial charge in [-0.3, -0.25) is 0 Å². The third-order valence-corrected chi connectivity index (χ3v) is 3.40. The lowest BCUT2D eigenvalue weighted by atomic mass is 10.1. The first kappa shape index (κ1) is 16.5. The quantitative estimate of drug-likeness (QED) is 0.814. The van der Waals surface area contributed by atoms with Crippen LogP contribution in [-0.2, 0) is 0 Å². The van der Waals surface area contributed by atoms with E-state index in [4.69, 9.17) is 9.15 Å². The van der Waals surface area contributed by atoms with Gasteiger partial charge in [-0.1, -0.05) is 6.07 Å². The lowest BCUT2D eigenvalue weighted by molar-refractivity contribution is -0.722. The van der Waals surface area contributed by atoms with Crippen molar-refractivity contribution in [1.82, 2.24) is 0 Å². The summed E-state index contributed by atoms with van der Waals surface area (Å²) in [6, 6.07) is 6.80. The van der Waals surface area contributed by atoms with Crippen molar-refractivity contribution in [2.75, 3.05) is 13.2 Å². The van der Waals surface area contributed by atoms with Crippen LogP contribution in [0.4, 0.5) is 0 Å². The number of hydrogen-bond acceptors (Lipinski definition) is 4. The van der Waals surface area contributed by atoms with E-state index < -0.39 is 11.7 Å². The molecule has 0 unspecified atom stereocenters. The van der Waals surface area contributed by atoms with Gasteiger partial charge in [-0.05, 0) is 45.4 Å². The molecule has 0 spiro atoms. The van der Waals surface area contributed by atoms with Crippen LogP contribution in [0, 0.1) is 6.92 Å². The first-order valence-corrected chi connectivity index (χ1v) is 7.45. The van der Waals surface area contributed by atoms with Crippen molar-refractivity contribution in [3.05, 3.63) is 40.2 Å². The van der Waals surface area contributed by atoms with Gasteiger partial charge < -0.3 is 19.6 Å². The molecule has 0 saturated carbocycles. The molecule has 5 heteroatoms. The average Bonchev–Trinajstić information content (AvgIpc) is 2.43. The Morgan fingerprint density at radius 3 is 2.68 bits per heavy atom. The predicted molar refractivity (Wildman–Crippen MR) is 85.3 cm³/mol. The maximum Gasteiger partial charge on any atom is 0.336 e. The smallest absolute Gasteiger partial charge is 0.336 e. The number of benzene rings is 1. The Kier molecular flexibility index (Phi) is 4.88. The van der Waals surface area contributed by atoms with Crippen molar-refractivity contribution in [1.29, 1.82) is 0 Å². The van der Waals surface area contributed by atoms with Gasteiger partial charge >= 0.3 is 5.63 Å². The normalized spacial score (nSPS) is 13.3. The molecule has 0 saturated heterocycles. The van der Waals surface area contributed by atoms with E-state index >= 15 is 0 Å². The highest BCUT2D eigenvalue weighted by molar-refractivity contribution is 5.85. The van der Waals surface area contributed by atoms with Gasteiger partial charge in [0.15, 0.2) is 11.3 Å². The third kappa shape index (κ3) is 4.32. The molecule has 1 aromatic heterocycles. The molecule has 120 valence electrons. The molecule has 0 aliphatic carbocycles. The molecule has 1 heterocycles. The Morgan fingerprint density at radius 2 is 2.00 bits per heavy atom. The second-order valence-electron chi connectivity index (χ2n) is 6.65. The zero-order valence-corrected chi connectivity index (χ0v) is 13.6. The lowest BCUT2D eigenvalue weighted by Crippen LogP contribution is -2.96.